The fourth-order valence-electron chi connectivity index (χ4n) is 2.95. The van der Waals surface area contributed by atoms with Gasteiger partial charge >= 0.3 is 0 Å². The van der Waals surface area contributed by atoms with Gasteiger partial charge in [-0.2, -0.15) is 4.31 Å². The van der Waals surface area contributed by atoms with E-state index in [-0.39, 0.29) is 22.4 Å². The highest BCUT2D eigenvalue weighted by Gasteiger charge is 2.40. The summed E-state index contributed by atoms with van der Waals surface area (Å²) in [6, 6.07) is 4.65. The Morgan fingerprint density at radius 1 is 1.35 bits per heavy atom. The van der Waals surface area contributed by atoms with Gasteiger partial charge in [0.15, 0.2) is 0 Å². The standard InChI is InChI=1S/C16H22N2O4S/c1-11-2-5-14(8-15(11)16(17)19)23(20,21)18(13-3-4-13)9-12-6-7-22-10-12/h2,5,8,12-13H,3-4,6-7,9-10H2,1H3,(H2,17,19)/t12-/m0/s1. The average molecular weight is 338 g/mol. The summed E-state index contributed by atoms with van der Waals surface area (Å²) in [6.45, 7) is 3.52. The number of nitrogens with zero attached hydrogens (tertiary/aromatic N) is 1. The van der Waals surface area contributed by atoms with Gasteiger partial charge in [0, 0.05) is 24.8 Å². The van der Waals surface area contributed by atoms with Crippen LogP contribution >= 0.6 is 0 Å². The molecule has 7 heteroatoms. The lowest BCUT2D eigenvalue weighted by molar-refractivity contribution is 0.0999. The number of ether oxygens (including phenoxy) is 1. The number of aryl methyl sites for hydroxylation is 1. The predicted octanol–water partition coefficient (Wildman–Crippen LogP) is 1.28. The van der Waals surface area contributed by atoms with Gasteiger partial charge < -0.3 is 10.5 Å². The van der Waals surface area contributed by atoms with E-state index in [9.17, 15) is 13.2 Å². The SMILES string of the molecule is Cc1ccc(S(=O)(=O)N(C[C@@H]2CCOC2)C2CC2)cc1C(N)=O. The third-order valence-corrected chi connectivity index (χ3v) is 6.41. The number of primary amides is 1. The summed E-state index contributed by atoms with van der Waals surface area (Å²) in [7, 11) is -3.63. The van der Waals surface area contributed by atoms with E-state index in [1.807, 2.05) is 0 Å². The van der Waals surface area contributed by atoms with Gasteiger partial charge in [-0.05, 0) is 49.8 Å². The minimum Gasteiger partial charge on any atom is -0.381 e. The second-order valence-corrected chi connectivity index (χ2v) is 8.27. The van der Waals surface area contributed by atoms with Crippen LogP contribution in [0.2, 0.25) is 0 Å². The van der Waals surface area contributed by atoms with Gasteiger partial charge in [0.2, 0.25) is 15.9 Å². The molecule has 1 saturated heterocycles. The van der Waals surface area contributed by atoms with E-state index in [2.05, 4.69) is 0 Å². The lowest BCUT2D eigenvalue weighted by Crippen LogP contribution is -2.37. The second kappa shape index (κ2) is 6.22. The molecule has 6 nitrogen and oxygen atoms in total. The van der Waals surface area contributed by atoms with E-state index in [4.69, 9.17) is 10.5 Å². The van der Waals surface area contributed by atoms with Crippen LogP contribution in [0.15, 0.2) is 23.1 Å². The van der Waals surface area contributed by atoms with Gasteiger partial charge in [0.1, 0.15) is 0 Å². The maximum Gasteiger partial charge on any atom is 0.249 e. The minimum absolute atomic E-state index is 0.0685. The topological polar surface area (TPSA) is 89.7 Å². The van der Waals surface area contributed by atoms with Crippen molar-refractivity contribution in [1.82, 2.24) is 4.31 Å². The van der Waals surface area contributed by atoms with Crippen molar-refractivity contribution in [2.75, 3.05) is 19.8 Å². The van der Waals surface area contributed by atoms with Crippen LogP contribution in [-0.2, 0) is 14.8 Å². The highest BCUT2D eigenvalue weighted by Crippen LogP contribution is 2.34. The summed E-state index contributed by atoms with van der Waals surface area (Å²) in [4.78, 5) is 11.6. The number of nitrogens with two attached hydrogens (primary N) is 1. The fraction of sp³-hybridized carbons (Fsp3) is 0.562. The van der Waals surface area contributed by atoms with E-state index in [0.29, 0.717) is 25.3 Å². The molecule has 23 heavy (non-hydrogen) atoms. The lowest BCUT2D eigenvalue weighted by atomic mass is 10.1. The number of hydrogen-bond acceptors (Lipinski definition) is 4. The number of benzene rings is 1. The molecule has 1 atom stereocenters. The molecule has 1 saturated carbocycles. The molecule has 0 spiro atoms. The Bertz CT molecular complexity index is 707. The smallest absolute Gasteiger partial charge is 0.249 e. The third-order valence-electron chi connectivity index (χ3n) is 4.50. The van der Waals surface area contributed by atoms with Gasteiger partial charge in [-0.1, -0.05) is 6.07 Å². The van der Waals surface area contributed by atoms with E-state index >= 15 is 0 Å². The largest absolute Gasteiger partial charge is 0.381 e. The number of carbonyl (C=O) groups is 1. The molecule has 2 N–H and O–H groups in total. The van der Waals surface area contributed by atoms with Crippen molar-refractivity contribution in [2.24, 2.45) is 11.7 Å². The molecule has 1 amide bonds. The monoisotopic (exact) mass is 338 g/mol. The number of sulfonamides is 1. The second-order valence-electron chi connectivity index (χ2n) is 6.38. The van der Waals surface area contributed by atoms with Crippen LogP contribution in [0.5, 0.6) is 0 Å². The van der Waals surface area contributed by atoms with Crippen molar-refractivity contribution >= 4 is 15.9 Å². The first kappa shape index (κ1) is 16.4. The molecule has 2 aliphatic rings. The Balaban J connectivity index is 1.91. The first-order valence-corrected chi connectivity index (χ1v) is 9.33. The number of rotatable bonds is 6. The van der Waals surface area contributed by atoms with Gasteiger partial charge in [-0.25, -0.2) is 8.42 Å². The molecule has 3 rings (SSSR count). The van der Waals surface area contributed by atoms with Crippen molar-refractivity contribution < 1.29 is 17.9 Å². The van der Waals surface area contributed by atoms with Crippen LogP contribution in [0.1, 0.15) is 35.2 Å². The molecule has 0 unspecified atom stereocenters. The Kier molecular flexibility index (Phi) is 4.44. The van der Waals surface area contributed by atoms with E-state index in [1.54, 1.807) is 23.4 Å². The molecule has 2 fully saturated rings. The zero-order valence-electron chi connectivity index (χ0n) is 13.2. The Hall–Kier alpha value is -1.44. The molecular formula is C16H22N2O4S. The Morgan fingerprint density at radius 2 is 2.09 bits per heavy atom. The molecule has 0 bridgehead atoms. The van der Waals surface area contributed by atoms with E-state index in [1.165, 1.54) is 6.07 Å². The van der Waals surface area contributed by atoms with Crippen LogP contribution in [0, 0.1) is 12.8 Å². The maximum atomic E-state index is 13.0. The van der Waals surface area contributed by atoms with Gasteiger partial charge in [0.25, 0.3) is 0 Å². The summed E-state index contributed by atoms with van der Waals surface area (Å²) in [5, 5.41) is 0. The quantitative estimate of drug-likeness (QED) is 0.846. The van der Waals surface area contributed by atoms with Gasteiger partial charge in [0.05, 0.1) is 11.5 Å². The number of hydrogen-bond donors (Lipinski definition) is 1. The fourth-order valence-corrected chi connectivity index (χ4v) is 4.74. The van der Waals surface area contributed by atoms with Crippen molar-refractivity contribution in [3.05, 3.63) is 29.3 Å². The molecule has 0 radical (unpaired) electrons. The first-order chi connectivity index (χ1) is 10.9. The zero-order chi connectivity index (χ0) is 16.6. The van der Waals surface area contributed by atoms with E-state index in [0.717, 1.165) is 19.3 Å². The molecule has 0 aromatic heterocycles. The van der Waals surface area contributed by atoms with Crippen molar-refractivity contribution in [3.8, 4) is 0 Å². The van der Waals surface area contributed by atoms with Crippen molar-refractivity contribution in [1.29, 1.82) is 0 Å². The molecule has 1 aromatic carbocycles. The third kappa shape index (κ3) is 3.41. The van der Waals surface area contributed by atoms with Gasteiger partial charge in [-0.15, -0.1) is 0 Å². The summed E-state index contributed by atoms with van der Waals surface area (Å²) in [5.74, 6) is -0.367. The van der Waals surface area contributed by atoms with Crippen LogP contribution < -0.4 is 5.73 Å². The predicted molar refractivity (Wildman–Crippen MR) is 85.5 cm³/mol. The molecule has 1 aliphatic heterocycles. The molecule has 1 aromatic rings. The minimum atomic E-state index is -3.63. The Morgan fingerprint density at radius 3 is 2.65 bits per heavy atom. The lowest BCUT2D eigenvalue weighted by Gasteiger charge is -2.24. The summed E-state index contributed by atoms with van der Waals surface area (Å²) < 4.78 is 33.0. The Labute approximate surface area is 136 Å². The van der Waals surface area contributed by atoms with Crippen LogP contribution in [0.3, 0.4) is 0 Å². The summed E-state index contributed by atoms with van der Waals surface area (Å²) in [6.07, 6.45) is 2.67. The van der Waals surface area contributed by atoms with Crippen LogP contribution in [-0.4, -0.2) is 44.4 Å². The van der Waals surface area contributed by atoms with Crippen LogP contribution in [0.25, 0.3) is 0 Å². The zero-order valence-corrected chi connectivity index (χ0v) is 14.0. The van der Waals surface area contributed by atoms with E-state index < -0.39 is 15.9 Å². The van der Waals surface area contributed by atoms with Gasteiger partial charge in [-0.3, -0.25) is 4.79 Å². The number of carbonyl (C=O) groups excluding carboxylic acids is 1. The van der Waals surface area contributed by atoms with Crippen LogP contribution in [0.4, 0.5) is 0 Å². The summed E-state index contributed by atoms with van der Waals surface area (Å²) in [5.41, 5.74) is 6.28. The molecule has 1 heterocycles. The van der Waals surface area contributed by atoms with Crippen molar-refractivity contribution in [2.45, 2.75) is 37.1 Å². The molecule has 1 aliphatic carbocycles. The van der Waals surface area contributed by atoms with Crippen molar-refractivity contribution in [3.63, 3.8) is 0 Å². The highest BCUT2D eigenvalue weighted by molar-refractivity contribution is 7.89. The average Bonchev–Trinajstić information content (AvgIpc) is 3.20. The highest BCUT2D eigenvalue weighted by atomic mass is 32.2. The normalized spacial score (nSPS) is 21.7. The first-order valence-electron chi connectivity index (χ1n) is 7.89. The number of amides is 1. The maximum absolute atomic E-state index is 13.0. The molecule has 126 valence electrons. The summed E-state index contributed by atoms with van der Waals surface area (Å²) >= 11 is 0. The molecular weight excluding hydrogens is 316 g/mol.